The number of aromatic nitrogens is 2. The maximum absolute atomic E-state index is 12.5. The van der Waals surface area contributed by atoms with E-state index in [0.29, 0.717) is 16.9 Å². The molecular weight excluding hydrogens is 370 g/mol. The van der Waals surface area contributed by atoms with Crippen molar-refractivity contribution in [3.05, 3.63) is 41.8 Å². The van der Waals surface area contributed by atoms with Gasteiger partial charge in [0.1, 0.15) is 5.15 Å². The van der Waals surface area contributed by atoms with Crippen molar-refractivity contribution < 1.29 is 9.53 Å². The minimum absolute atomic E-state index is 0.000149. The fraction of sp³-hybridized carbons (Fsp3) is 0.316. The van der Waals surface area contributed by atoms with Gasteiger partial charge in [0.15, 0.2) is 5.13 Å². The number of thiazole rings is 1. The van der Waals surface area contributed by atoms with E-state index in [1.165, 1.54) is 11.3 Å². The molecule has 1 amide bonds. The fourth-order valence-electron chi connectivity index (χ4n) is 3.11. The number of fused-ring (bicyclic) bond motifs is 1. The first-order chi connectivity index (χ1) is 12.7. The lowest BCUT2D eigenvalue weighted by molar-refractivity contribution is -0.120. The van der Waals surface area contributed by atoms with Crippen molar-refractivity contribution in [2.24, 2.45) is 5.92 Å². The molecule has 26 heavy (non-hydrogen) atoms. The first-order valence-corrected chi connectivity index (χ1v) is 9.78. The SMILES string of the molecule is O=C(Nc1ncc(-c2ccc3cnc(Cl)cc3c2)s1)C1CCCOCC1. The molecule has 0 aliphatic carbocycles. The first-order valence-electron chi connectivity index (χ1n) is 8.59. The van der Waals surface area contributed by atoms with E-state index in [1.807, 2.05) is 18.2 Å². The first kappa shape index (κ1) is 17.4. The van der Waals surface area contributed by atoms with E-state index in [1.54, 1.807) is 12.4 Å². The van der Waals surface area contributed by atoms with Crippen LogP contribution < -0.4 is 5.32 Å². The van der Waals surface area contributed by atoms with E-state index in [-0.39, 0.29) is 11.8 Å². The van der Waals surface area contributed by atoms with E-state index >= 15 is 0 Å². The Hall–Kier alpha value is -2.02. The molecule has 1 aliphatic rings. The Morgan fingerprint density at radius 3 is 3.00 bits per heavy atom. The molecule has 7 heteroatoms. The Morgan fingerprint density at radius 2 is 2.08 bits per heavy atom. The lowest BCUT2D eigenvalue weighted by atomic mass is 10.0. The van der Waals surface area contributed by atoms with E-state index < -0.39 is 0 Å². The van der Waals surface area contributed by atoms with Crippen LogP contribution >= 0.6 is 22.9 Å². The van der Waals surface area contributed by atoms with Crippen LogP contribution in [0.3, 0.4) is 0 Å². The van der Waals surface area contributed by atoms with Gasteiger partial charge < -0.3 is 10.1 Å². The van der Waals surface area contributed by atoms with Gasteiger partial charge in [-0.3, -0.25) is 4.79 Å². The van der Waals surface area contributed by atoms with Gasteiger partial charge in [0.25, 0.3) is 0 Å². The second-order valence-corrected chi connectivity index (χ2v) is 7.75. The van der Waals surface area contributed by atoms with Gasteiger partial charge >= 0.3 is 0 Å². The summed E-state index contributed by atoms with van der Waals surface area (Å²) in [5, 5.41) is 6.12. The molecule has 0 radical (unpaired) electrons. The van der Waals surface area contributed by atoms with Crippen LogP contribution in [0.5, 0.6) is 0 Å². The Morgan fingerprint density at radius 1 is 1.15 bits per heavy atom. The Bertz CT molecular complexity index is 935. The molecule has 1 saturated heterocycles. The van der Waals surface area contributed by atoms with Crippen molar-refractivity contribution in [2.45, 2.75) is 19.3 Å². The van der Waals surface area contributed by atoms with Crippen molar-refractivity contribution >= 4 is 44.7 Å². The number of hydrogen-bond donors (Lipinski definition) is 1. The number of anilines is 1. The van der Waals surface area contributed by atoms with E-state index in [2.05, 4.69) is 21.4 Å². The lowest BCUT2D eigenvalue weighted by Crippen LogP contribution is -2.22. The second-order valence-electron chi connectivity index (χ2n) is 6.33. The van der Waals surface area contributed by atoms with Crippen LogP contribution in [0, 0.1) is 5.92 Å². The van der Waals surface area contributed by atoms with Crippen LogP contribution in [0.2, 0.25) is 5.15 Å². The van der Waals surface area contributed by atoms with Gasteiger partial charge in [-0.05, 0) is 42.3 Å². The third kappa shape index (κ3) is 3.87. The summed E-state index contributed by atoms with van der Waals surface area (Å²) in [5.41, 5.74) is 1.04. The number of carbonyl (C=O) groups excluding carboxylic acids is 1. The number of ether oxygens (including phenoxy) is 1. The fourth-order valence-corrected chi connectivity index (χ4v) is 4.09. The third-order valence-electron chi connectivity index (χ3n) is 4.53. The highest BCUT2D eigenvalue weighted by atomic mass is 35.5. The highest BCUT2D eigenvalue weighted by Gasteiger charge is 2.21. The van der Waals surface area contributed by atoms with Crippen LogP contribution in [0.4, 0.5) is 5.13 Å². The van der Waals surface area contributed by atoms with Gasteiger partial charge in [-0.2, -0.15) is 0 Å². The molecule has 0 spiro atoms. The summed E-state index contributed by atoms with van der Waals surface area (Å²) in [6, 6.07) is 7.94. The summed E-state index contributed by atoms with van der Waals surface area (Å²) in [4.78, 5) is 21.9. The topological polar surface area (TPSA) is 64.1 Å². The lowest BCUT2D eigenvalue weighted by Gasteiger charge is -2.11. The molecule has 1 atom stereocenters. The van der Waals surface area contributed by atoms with Gasteiger partial charge in [0.05, 0.1) is 4.88 Å². The molecular formula is C19H18ClN3O2S. The van der Waals surface area contributed by atoms with E-state index in [4.69, 9.17) is 16.3 Å². The molecule has 134 valence electrons. The summed E-state index contributed by atoms with van der Waals surface area (Å²) in [6.45, 7) is 1.39. The number of benzene rings is 1. The van der Waals surface area contributed by atoms with Crippen LogP contribution in [0.15, 0.2) is 36.7 Å². The number of nitrogens with one attached hydrogen (secondary N) is 1. The highest BCUT2D eigenvalue weighted by Crippen LogP contribution is 2.32. The average Bonchev–Trinajstić information content (AvgIpc) is 2.93. The molecule has 1 unspecified atom stereocenters. The van der Waals surface area contributed by atoms with Crippen molar-refractivity contribution in [1.29, 1.82) is 0 Å². The van der Waals surface area contributed by atoms with Crippen LogP contribution in [0.1, 0.15) is 19.3 Å². The van der Waals surface area contributed by atoms with E-state index in [0.717, 1.165) is 47.1 Å². The Kier molecular flexibility index (Phi) is 5.15. The average molecular weight is 388 g/mol. The molecule has 1 N–H and O–H groups in total. The quantitative estimate of drug-likeness (QED) is 0.657. The zero-order valence-electron chi connectivity index (χ0n) is 14.1. The third-order valence-corrected chi connectivity index (χ3v) is 5.70. The van der Waals surface area contributed by atoms with Crippen LogP contribution in [0.25, 0.3) is 21.2 Å². The molecule has 3 aromatic rings. The van der Waals surface area contributed by atoms with Crippen molar-refractivity contribution in [3.63, 3.8) is 0 Å². The predicted molar refractivity (Wildman–Crippen MR) is 105 cm³/mol. The summed E-state index contributed by atoms with van der Waals surface area (Å²) in [5.74, 6) is 0.0351. The molecule has 5 nitrogen and oxygen atoms in total. The number of carbonyl (C=O) groups is 1. The van der Waals surface area contributed by atoms with Crippen molar-refractivity contribution in [2.75, 3.05) is 18.5 Å². The zero-order chi connectivity index (χ0) is 17.9. The number of rotatable bonds is 3. The summed E-state index contributed by atoms with van der Waals surface area (Å²) in [6.07, 6.45) is 6.11. The van der Waals surface area contributed by atoms with Crippen LogP contribution in [-0.2, 0) is 9.53 Å². The van der Waals surface area contributed by atoms with Crippen molar-refractivity contribution in [3.8, 4) is 10.4 Å². The number of pyridine rings is 1. The number of hydrogen-bond acceptors (Lipinski definition) is 5. The van der Waals surface area contributed by atoms with Gasteiger partial charge in [0, 0.05) is 36.9 Å². The number of amides is 1. The summed E-state index contributed by atoms with van der Waals surface area (Å²) < 4.78 is 5.42. The summed E-state index contributed by atoms with van der Waals surface area (Å²) in [7, 11) is 0. The number of halogens is 1. The molecule has 4 rings (SSSR count). The maximum atomic E-state index is 12.5. The molecule has 3 heterocycles. The molecule has 1 aliphatic heterocycles. The zero-order valence-corrected chi connectivity index (χ0v) is 15.6. The van der Waals surface area contributed by atoms with Gasteiger partial charge in [0.2, 0.25) is 5.91 Å². The largest absolute Gasteiger partial charge is 0.381 e. The Balaban J connectivity index is 1.51. The van der Waals surface area contributed by atoms with Gasteiger partial charge in [-0.1, -0.05) is 35.1 Å². The second kappa shape index (κ2) is 7.70. The molecule has 0 saturated carbocycles. The van der Waals surface area contributed by atoms with Crippen molar-refractivity contribution in [1.82, 2.24) is 9.97 Å². The molecule has 0 bridgehead atoms. The van der Waals surface area contributed by atoms with E-state index in [9.17, 15) is 4.79 Å². The Labute approximate surface area is 160 Å². The minimum atomic E-state index is 0.000149. The predicted octanol–water partition coefficient (Wildman–Crippen LogP) is 4.77. The molecule has 2 aromatic heterocycles. The molecule has 1 fully saturated rings. The molecule has 1 aromatic carbocycles. The smallest absolute Gasteiger partial charge is 0.229 e. The maximum Gasteiger partial charge on any atom is 0.229 e. The van der Waals surface area contributed by atoms with Gasteiger partial charge in [-0.25, -0.2) is 9.97 Å². The summed E-state index contributed by atoms with van der Waals surface area (Å²) >= 11 is 7.46. The minimum Gasteiger partial charge on any atom is -0.381 e. The monoisotopic (exact) mass is 387 g/mol. The number of nitrogens with zero attached hydrogens (tertiary/aromatic N) is 2. The van der Waals surface area contributed by atoms with Crippen LogP contribution in [-0.4, -0.2) is 29.1 Å². The highest BCUT2D eigenvalue weighted by molar-refractivity contribution is 7.19. The standard InChI is InChI=1S/C19H18ClN3O2S/c20-17-9-15-8-13(3-4-14(15)10-21-17)16-11-22-19(26-16)23-18(24)12-2-1-6-25-7-5-12/h3-4,8-12H,1-2,5-7H2,(H,22,23,24). The normalized spacial score (nSPS) is 17.8. The van der Waals surface area contributed by atoms with Gasteiger partial charge in [-0.15, -0.1) is 0 Å².